The lowest BCUT2D eigenvalue weighted by molar-refractivity contribution is 0.165. The zero-order chi connectivity index (χ0) is 13.2. The fourth-order valence-electron chi connectivity index (χ4n) is 2.78. The molecule has 2 atom stereocenters. The number of hydrogen-bond acceptors (Lipinski definition) is 5. The molecule has 0 bridgehead atoms. The van der Waals surface area contributed by atoms with Crippen LogP contribution < -0.4 is 5.32 Å². The van der Waals surface area contributed by atoms with Crippen LogP contribution in [0.15, 0.2) is 17.5 Å². The first kappa shape index (κ1) is 14.0. The van der Waals surface area contributed by atoms with Gasteiger partial charge in [0.25, 0.3) is 0 Å². The predicted molar refractivity (Wildman–Crippen MR) is 73.5 cm³/mol. The van der Waals surface area contributed by atoms with Crippen molar-refractivity contribution in [2.24, 2.45) is 0 Å². The van der Waals surface area contributed by atoms with Gasteiger partial charge < -0.3 is 10.4 Å². The third-order valence-corrected chi connectivity index (χ3v) is 6.30. The predicted octanol–water partition coefficient (Wildman–Crippen LogP) is 1.17. The zero-order valence-corrected chi connectivity index (χ0v) is 12.1. The average molecular weight is 289 g/mol. The standard InChI is InChI=1S/C12H19NO3S2/c1-18(15,16)11-5-2-6-12(11,9-14)13-8-10-4-3-7-17-10/h3-4,7,11,13-14H,2,5-6,8-9H2,1H3. The molecule has 1 aromatic heterocycles. The molecule has 102 valence electrons. The van der Waals surface area contributed by atoms with Crippen LogP contribution in [0.4, 0.5) is 0 Å². The van der Waals surface area contributed by atoms with E-state index in [0.717, 1.165) is 11.3 Å². The van der Waals surface area contributed by atoms with Crippen LogP contribution in [0.2, 0.25) is 0 Å². The molecule has 1 aliphatic carbocycles. The van der Waals surface area contributed by atoms with Crippen molar-refractivity contribution in [3.05, 3.63) is 22.4 Å². The minimum Gasteiger partial charge on any atom is -0.394 e. The van der Waals surface area contributed by atoms with E-state index in [4.69, 9.17) is 0 Å². The van der Waals surface area contributed by atoms with Gasteiger partial charge in [0.05, 0.1) is 17.4 Å². The molecule has 4 nitrogen and oxygen atoms in total. The van der Waals surface area contributed by atoms with E-state index in [1.54, 1.807) is 11.3 Å². The van der Waals surface area contributed by atoms with Gasteiger partial charge in [-0.1, -0.05) is 12.5 Å². The van der Waals surface area contributed by atoms with Crippen LogP contribution in [0, 0.1) is 0 Å². The summed E-state index contributed by atoms with van der Waals surface area (Å²) < 4.78 is 23.6. The topological polar surface area (TPSA) is 66.4 Å². The third-order valence-electron chi connectivity index (χ3n) is 3.70. The van der Waals surface area contributed by atoms with Crippen molar-refractivity contribution in [1.82, 2.24) is 5.32 Å². The molecule has 2 N–H and O–H groups in total. The summed E-state index contributed by atoms with van der Waals surface area (Å²) in [6, 6.07) is 3.98. The maximum Gasteiger partial charge on any atom is 0.152 e. The van der Waals surface area contributed by atoms with Gasteiger partial charge in [0.2, 0.25) is 0 Å². The van der Waals surface area contributed by atoms with E-state index in [1.165, 1.54) is 6.26 Å². The molecule has 0 aliphatic heterocycles. The van der Waals surface area contributed by atoms with Crippen molar-refractivity contribution >= 4 is 21.2 Å². The molecule has 18 heavy (non-hydrogen) atoms. The van der Waals surface area contributed by atoms with Crippen molar-refractivity contribution in [2.75, 3.05) is 12.9 Å². The fourth-order valence-corrected chi connectivity index (χ4v) is 5.11. The Labute approximate surface area is 112 Å². The summed E-state index contributed by atoms with van der Waals surface area (Å²) in [5.74, 6) is 0. The Morgan fingerprint density at radius 1 is 1.61 bits per heavy atom. The number of sulfone groups is 1. The molecule has 0 aromatic carbocycles. The summed E-state index contributed by atoms with van der Waals surface area (Å²) >= 11 is 1.63. The van der Waals surface area contributed by atoms with Crippen LogP contribution in [-0.2, 0) is 16.4 Å². The highest BCUT2D eigenvalue weighted by Crippen LogP contribution is 2.35. The largest absolute Gasteiger partial charge is 0.394 e. The molecule has 0 spiro atoms. The van der Waals surface area contributed by atoms with Crippen molar-refractivity contribution in [3.8, 4) is 0 Å². The van der Waals surface area contributed by atoms with E-state index in [-0.39, 0.29) is 6.61 Å². The zero-order valence-electron chi connectivity index (χ0n) is 10.4. The highest BCUT2D eigenvalue weighted by atomic mass is 32.2. The molecule has 6 heteroatoms. The number of hydrogen-bond donors (Lipinski definition) is 2. The summed E-state index contributed by atoms with van der Waals surface area (Å²) in [4.78, 5) is 1.15. The quantitative estimate of drug-likeness (QED) is 0.854. The molecular weight excluding hydrogens is 270 g/mol. The number of aliphatic hydroxyl groups is 1. The Hall–Kier alpha value is -0.430. The summed E-state index contributed by atoms with van der Waals surface area (Å²) in [7, 11) is -3.13. The second-order valence-corrected chi connectivity index (χ2v) is 8.22. The van der Waals surface area contributed by atoms with Crippen LogP contribution in [0.3, 0.4) is 0 Å². The van der Waals surface area contributed by atoms with Crippen molar-refractivity contribution < 1.29 is 13.5 Å². The monoisotopic (exact) mass is 289 g/mol. The molecule has 1 fully saturated rings. The highest BCUT2D eigenvalue weighted by molar-refractivity contribution is 7.91. The van der Waals surface area contributed by atoms with Crippen LogP contribution in [-0.4, -0.2) is 37.2 Å². The van der Waals surface area contributed by atoms with Gasteiger partial charge in [-0.3, -0.25) is 0 Å². The SMILES string of the molecule is CS(=O)(=O)C1CCCC1(CO)NCc1cccs1. The highest BCUT2D eigenvalue weighted by Gasteiger charge is 2.47. The van der Waals surface area contributed by atoms with Gasteiger partial charge in [-0.25, -0.2) is 8.42 Å². The van der Waals surface area contributed by atoms with E-state index < -0.39 is 20.6 Å². The first-order valence-corrected chi connectivity index (χ1v) is 8.88. The summed E-state index contributed by atoms with van der Waals surface area (Å²) in [6.07, 6.45) is 3.46. The molecule has 1 aliphatic rings. The lowest BCUT2D eigenvalue weighted by Crippen LogP contribution is -2.56. The summed E-state index contributed by atoms with van der Waals surface area (Å²) in [5.41, 5.74) is -0.669. The van der Waals surface area contributed by atoms with E-state index in [1.807, 2.05) is 17.5 Å². The van der Waals surface area contributed by atoms with E-state index in [2.05, 4.69) is 5.32 Å². The Morgan fingerprint density at radius 2 is 2.39 bits per heavy atom. The lowest BCUT2D eigenvalue weighted by atomic mass is 9.98. The molecule has 1 heterocycles. The number of thiophene rings is 1. The fraction of sp³-hybridized carbons (Fsp3) is 0.667. The van der Waals surface area contributed by atoms with Crippen molar-refractivity contribution in [1.29, 1.82) is 0 Å². The molecule has 0 saturated heterocycles. The Balaban J connectivity index is 2.14. The van der Waals surface area contributed by atoms with E-state index in [9.17, 15) is 13.5 Å². The molecule has 1 saturated carbocycles. The molecule has 2 unspecified atom stereocenters. The first-order valence-electron chi connectivity index (χ1n) is 6.05. The van der Waals surface area contributed by atoms with Gasteiger partial charge in [-0.2, -0.15) is 0 Å². The van der Waals surface area contributed by atoms with Gasteiger partial charge in [-0.15, -0.1) is 11.3 Å². The second kappa shape index (κ2) is 5.28. The van der Waals surface area contributed by atoms with Gasteiger partial charge in [0.1, 0.15) is 0 Å². The number of rotatable bonds is 5. The third kappa shape index (κ3) is 2.77. The Kier molecular flexibility index (Phi) is 4.11. The van der Waals surface area contributed by atoms with E-state index >= 15 is 0 Å². The summed E-state index contributed by atoms with van der Waals surface area (Å²) in [5, 5.41) is 14.5. The summed E-state index contributed by atoms with van der Waals surface area (Å²) in [6.45, 7) is 0.486. The number of nitrogens with one attached hydrogen (secondary N) is 1. The molecule has 0 radical (unpaired) electrons. The average Bonchev–Trinajstić information content (AvgIpc) is 2.95. The normalized spacial score (nSPS) is 28.7. The molecule has 1 aromatic rings. The van der Waals surface area contributed by atoms with Crippen molar-refractivity contribution in [2.45, 2.75) is 36.6 Å². The van der Waals surface area contributed by atoms with Crippen LogP contribution in [0.1, 0.15) is 24.1 Å². The maximum atomic E-state index is 11.8. The number of aliphatic hydroxyl groups excluding tert-OH is 1. The first-order chi connectivity index (χ1) is 8.48. The molecule has 2 rings (SSSR count). The smallest absolute Gasteiger partial charge is 0.152 e. The van der Waals surface area contributed by atoms with Gasteiger partial charge in [0, 0.05) is 17.7 Å². The Morgan fingerprint density at radius 3 is 2.94 bits per heavy atom. The van der Waals surface area contributed by atoms with Crippen LogP contribution in [0.25, 0.3) is 0 Å². The van der Waals surface area contributed by atoms with Gasteiger partial charge in [0.15, 0.2) is 9.84 Å². The van der Waals surface area contributed by atoms with E-state index in [0.29, 0.717) is 19.4 Å². The van der Waals surface area contributed by atoms with Crippen molar-refractivity contribution in [3.63, 3.8) is 0 Å². The van der Waals surface area contributed by atoms with Crippen LogP contribution in [0.5, 0.6) is 0 Å². The lowest BCUT2D eigenvalue weighted by Gasteiger charge is -2.33. The maximum absolute atomic E-state index is 11.8. The second-order valence-electron chi connectivity index (χ2n) is 4.96. The Bertz CT molecular complexity index is 483. The minimum absolute atomic E-state index is 0.129. The molecule has 0 amide bonds. The van der Waals surface area contributed by atoms with Crippen LogP contribution >= 0.6 is 11.3 Å². The van der Waals surface area contributed by atoms with Gasteiger partial charge >= 0.3 is 0 Å². The molecular formula is C12H19NO3S2. The minimum atomic E-state index is -3.13. The van der Waals surface area contributed by atoms with Gasteiger partial charge in [-0.05, 0) is 24.3 Å².